The van der Waals surface area contributed by atoms with Gasteiger partial charge < -0.3 is 9.47 Å². The van der Waals surface area contributed by atoms with Crippen LogP contribution in [0.25, 0.3) is 0 Å². The van der Waals surface area contributed by atoms with Gasteiger partial charge in [-0.2, -0.15) is 0 Å². The molecule has 0 aliphatic heterocycles. The molecule has 0 N–H and O–H groups in total. The lowest BCUT2D eigenvalue weighted by molar-refractivity contribution is -0.146. The highest BCUT2D eigenvalue weighted by Gasteiger charge is 2.32. The first-order chi connectivity index (χ1) is 15.0. The Balaban J connectivity index is 2.65. The van der Waals surface area contributed by atoms with Crippen molar-refractivity contribution >= 4 is 23.5 Å². The minimum Gasteiger partial charge on any atom is -0.466 e. The molecule has 2 aromatic rings. The Morgan fingerprint density at radius 2 is 1.78 bits per heavy atom. The van der Waals surface area contributed by atoms with Crippen molar-refractivity contribution in [2.45, 2.75) is 72.6 Å². The van der Waals surface area contributed by atoms with Crippen LogP contribution in [0, 0.1) is 12.8 Å². The number of halogens is 1. The highest BCUT2D eigenvalue weighted by molar-refractivity contribution is 6.30. The van der Waals surface area contributed by atoms with Crippen LogP contribution in [0.3, 0.4) is 0 Å². The molecule has 0 spiro atoms. The predicted octanol–water partition coefficient (Wildman–Crippen LogP) is 7.25. The molecule has 0 aromatic heterocycles. The van der Waals surface area contributed by atoms with E-state index in [-0.39, 0.29) is 17.3 Å². The Hall–Kier alpha value is -2.33. The number of carbonyl (C=O) groups is 2. The predicted molar refractivity (Wildman–Crippen MR) is 130 cm³/mol. The van der Waals surface area contributed by atoms with E-state index in [1.807, 2.05) is 26.8 Å². The average Bonchev–Trinajstić information content (AvgIpc) is 2.70. The molecular formula is C27H35ClO4. The van der Waals surface area contributed by atoms with Gasteiger partial charge in [0.05, 0.1) is 18.1 Å². The minimum atomic E-state index is -0.548. The van der Waals surface area contributed by atoms with Crippen LogP contribution in [0.1, 0.15) is 87.4 Å². The van der Waals surface area contributed by atoms with Crippen molar-refractivity contribution in [1.29, 1.82) is 0 Å². The third kappa shape index (κ3) is 6.13. The summed E-state index contributed by atoms with van der Waals surface area (Å²) < 4.78 is 11.3. The molecule has 0 saturated carbocycles. The van der Waals surface area contributed by atoms with E-state index >= 15 is 0 Å². The fourth-order valence-electron chi connectivity index (χ4n) is 4.09. The summed E-state index contributed by atoms with van der Waals surface area (Å²) in [6, 6.07) is 10.7. The van der Waals surface area contributed by atoms with E-state index in [9.17, 15) is 9.59 Å². The normalized spacial score (nSPS) is 12.5. The third-order valence-electron chi connectivity index (χ3n) is 5.76. The van der Waals surface area contributed by atoms with Crippen molar-refractivity contribution < 1.29 is 19.1 Å². The zero-order chi connectivity index (χ0) is 24.1. The largest absolute Gasteiger partial charge is 0.466 e. The summed E-state index contributed by atoms with van der Waals surface area (Å²) in [4.78, 5) is 25.9. The highest BCUT2D eigenvalue weighted by atomic mass is 35.5. The van der Waals surface area contributed by atoms with Gasteiger partial charge in [-0.15, -0.1) is 0 Å². The summed E-state index contributed by atoms with van der Waals surface area (Å²) in [5.74, 6) is -0.997. The zero-order valence-electron chi connectivity index (χ0n) is 20.3. The highest BCUT2D eigenvalue weighted by Crippen LogP contribution is 2.40. The summed E-state index contributed by atoms with van der Waals surface area (Å²) in [5.41, 5.74) is 2.89. The van der Waals surface area contributed by atoms with E-state index in [0.29, 0.717) is 28.5 Å². The van der Waals surface area contributed by atoms with Gasteiger partial charge in [0.2, 0.25) is 0 Å². The van der Waals surface area contributed by atoms with Gasteiger partial charge in [0, 0.05) is 10.6 Å². The van der Waals surface area contributed by atoms with Gasteiger partial charge in [0.15, 0.2) is 0 Å². The van der Waals surface area contributed by atoms with E-state index in [2.05, 4.69) is 26.8 Å². The first kappa shape index (κ1) is 25.9. The van der Waals surface area contributed by atoms with Crippen molar-refractivity contribution in [1.82, 2.24) is 0 Å². The monoisotopic (exact) mass is 458 g/mol. The van der Waals surface area contributed by atoms with Crippen molar-refractivity contribution in [2.75, 3.05) is 6.61 Å². The molecule has 0 amide bonds. The lowest BCUT2D eigenvalue weighted by Crippen LogP contribution is -2.24. The van der Waals surface area contributed by atoms with Crippen LogP contribution in [-0.2, 0) is 14.9 Å². The number of esters is 2. The standard InChI is InChI=1S/C27H35ClO4/c1-8-13-27(6,7)20-14-18(5)24(32-25(29)19-11-10-12-21(28)15-19)22(16-20)23(17(3)4)26(30)31-9-2/h10-12,14-17,23H,8-9,13H2,1-7H3. The van der Waals surface area contributed by atoms with Gasteiger partial charge >= 0.3 is 11.9 Å². The van der Waals surface area contributed by atoms with E-state index in [1.165, 1.54) is 0 Å². The molecule has 0 aliphatic carbocycles. The summed E-state index contributed by atoms with van der Waals surface area (Å²) in [7, 11) is 0. The SMILES string of the molecule is CCCC(C)(C)c1cc(C)c(OC(=O)c2cccc(Cl)c2)c(C(C(=O)OCC)C(C)C)c1. The number of ether oxygens (including phenoxy) is 2. The fraction of sp³-hybridized carbons (Fsp3) is 0.481. The van der Waals surface area contributed by atoms with Crippen LogP contribution in [0.2, 0.25) is 5.02 Å². The molecule has 174 valence electrons. The maximum absolute atomic E-state index is 13.0. The topological polar surface area (TPSA) is 52.6 Å². The molecule has 0 fully saturated rings. The average molecular weight is 459 g/mol. The van der Waals surface area contributed by atoms with E-state index < -0.39 is 11.9 Å². The quantitative estimate of drug-likeness (QED) is 0.293. The molecule has 4 nitrogen and oxygen atoms in total. The summed E-state index contributed by atoms with van der Waals surface area (Å²) in [6.45, 7) is 14.5. The second-order valence-corrected chi connectivity index (χ2v) is 9.66. The Kier molecular flexibility index (Phi) is 8.91. The van der Waals surface area contributed by atoms with Crippen molar-refractivity contribution in [3.63, 3.8) is 0 Å². The molecule has 5 heteroatoms. The van der Waals surface area contributed by atoms with Gasteiger partial charge in [-0.1, -0.05) is 70.8 Å². The number of carbonyl (C=O) groups excluding carboxylic acids is 2. The van der Waals surface area contributed by atoms with Crippen LogP contribution < -0.4 is 4.74 Å². The maximum atomic E-state index is 13.0. The molecule has 0 heterocycles. The number of hydrogen-bond donors (Lipinski definition) is 0. The Morgan fingerprint density at radius 1 is 1.09 bits per heavy atom. The summed E-state index contributed by atoms with van der Waals surface area (Å²) >= 11 is 6.05. The number of rotatable bonds is 9. The van der Waals surface area contributed by atoms with E-state index in [1.54, 1.807) is 31.2 Å². The van der Waals surface area contributed by atoms with Crippen LogP contribution in [0.15, 0.2) is 36.4 Å². The molecule has 0 bridgehead atoms. The fourth-order valence-corrected chi connectivity index (χ4v) is 4.28. The lowest BCUT2D eigenvalue weighted by Gasteiger charge is -2.29. The second kappa shape index (κ2) is 11.0. The Labute approximate surface area is 197 Å². The molecule has 2 rings (SSSR count). The molecule has 2 aromatic carbocycles. The van der Waals surface area contributed by atoms with Gasteiger partial charge in [-0.3, -0.25) is 4.79 Å². The van der Waals surface area contributed by atoms with Crippen LogP contribution >= 0.6 is 11.6 Å². The molecular weight excluding hydrogens is 424 g/mol. The zero-order valence-corrected chi connectivity index (χ0v) is 21.0. The molecule has 0 aliphatic rings. The van der Waals surface area contributed by atoms with Crippen LogP contribution in [0.5, 0.6) is 5.75 Å². The number of aryl methyl sites for hydroxylation is 1. The van der Waals surface area contributed by atoms with Crippen molar-refractivity contribution in [2.24, 2.45) is 5.92 Å². The summed E-state index contributed by atoms with van der Waals surface area (Å²) in [6.07, 6.45) is 2.04. The van der Waals surface area contributed by atoms with Gasteiger partial charge in [-0.05, 0) is 60.9 Å². The molecule has 32 heavy (non-hydrogen) atoms. The van der Waals surface area contributed by atoms with E-state index in [4.69, 9.17) is 21.1 Å². The minimum absolute atomic E-state index is 0.0402. The number of hydrogen-bond acceptors (Lipinski definition) is 4. The molecule has 1 atom stereocenters. The van der Waals surface area contributed by atoms with Crippen LogP contribution in [0.4, 0.5) is 0 Å². The van der Waals surface area contributed by atoms with Gasteiger partial charge in [0.1, 0.15) is 5.75 Å². The summed E-state index contributed by atoms with van der Waals surface area (Å²) in [5, 5.41) is 0.458. The smallest absolute Gasteiger partial charge is 0.343 e. The lowest BCUT2D eigenvalue weighted by atomic mass is 9.77. The van der Waals surface area contributed by atoms with Gasteiger partial charge in [0.25, 0.3) is 0 Å². The first-order valence-corrected chi connectivity index (χ1v) is 11.7. The molecule has 0 saturated heterocycles. The van der Waals surface area contributed by atoms with Gasteiger partial charge in [-0.25, -0.2) is 4.79 Å². The third-order valence-corrected chi connectivity index (χ3v) is 5.99. The van der Waals surface area contributed by atoms with Crippen LogP contribution in [-0.4, -0.2) is 18.5 Å². The maximum Gasteiger partial charge on any atom is 0.343 e. The van der Waals surface area contributed by atoms with Crippen molar-refractivity contribution in [3.05, 3.63) is 63.7 Å². The molecule has 1 unspecified atom stereocenters. The second-order valence-electron chi connectivity index (χ2n) is 9.22. The van der Waals surface area contributed by atoms with Crippen molar-refractivity contribution in [3.8, 4) is 5.75 Å². The molecule has 0 radical (unpaired) electrons. The number of benzene rings is 2. The first-order valence-electron chi connectivity index (χ1n) is 11.3. The Morgan fingerprint density at radius 3 is 2.34 bits per heavy atom. The Bertz CT molecular complexity index is 962. The van der Waals surface area contributed by atoms with E-state index in [0.717, 1.165) is 24.0 Å².